The molecule has 0 saturated heterocycles. The molecule has 2 aromatic rings. The van der Waals surface area contributed by atoms with Crippen LogP contribution in [-0.2, 0) is 11.2 Å². The normalized spacial score (nSPS) is 12.0. The first kappa shape index (κ1) is 17.0. The van der Waals surface area contributed by atoms with Gasteiger partial charge in [-0.3, -0.25) is 4.79 Å². The number of ether oxygens (including phenoxy) is 1. The van der Waals surface area contributed by atoms with Gasteiger partial charge < -0.3 is 14.6 Å². The second kappa shape index (κ2) is 8.31. The molecule has 0 spiro atoms. The Morgan fingerprint density at radius 1 is 1.35 bits per heavy atom. The van der Waals surface area contributed by atoms with Gasteiger partial charge in [0, 0.05) is 24.4 Å². The van der Waals surface area contributed by atoms with Crippen LogP contribution < -0.4 is 10.1 Å². The van der Waals surface area contributed by atoms with Crippen molar-refractivity contribution in [1.82, 2.24) is 15.5 Å². The molecule has 0 bridgehead atoms. The van der Waals surface area contributed by atoms with Crippen molar-refractivity contribution in [2.75, 3.05) is 7.11 Å². The fourth-order valence-corrected chi connectivity index (χ4v) is 2.29. The fraction of sp³-hybridized carbons (Fsp3) is 0.471. The first-order chi connectivity index (χ1) is 11.1. The first-order valence-corrected chi connectivity index (χ1v) is 7.88. The summed E-state index contributed by atoms with van der Waals surface area (Å²) in [7, 11) is 1.62. The van der Waals surface area contributed by atoms with Crippen LogP contribution in [0.25, 0.3) is 11.4 Å². The lowest BCUT2D eigenvalue weighted by Crippen LogP contribution is -2.32. The minimum absolute atomic E-state index is 0.00940. The molecule has 23 heavy (non-hydrogen) atoms. The maximum atomic E-state index is 11.8. The molecular formula is C17H23N3O3. The van der Waals surface area contributed by atoms with Crippen molar-refractivity contribution >= 4 is 5.91 Å². The summed E-state index contributed by atoms with van der Waals surface area (Å²) in [4.78, 5) is 16.2. The zero-order valence-corrected chi connectivity index (χ0v) is 13.8. The largest absolute Gasteiger partial charge is 0.497 e. The van der Waals surface area contributed by atoms with E-state index in [9.17, 15) is 4.79 Å². The average Bonchev–Trinajstić information content (AvgIpc) is 3.02. The highest BCUT2D eigenvalue weighted by Gasteiger charge is 2.12. The molecule has 124 valence electrons. The van der Waals surface area contributed by atoms with Gasteiger partial charge >= 0.3 is 0 Å². The maximum Gasteiger partial charge on any atom is 0.227 e. The summed E-state index contributed by atoms with van der Waals surface area (Å²) in [5.74, 6) is 1.77. The molecule has 0 saturated carbocycles. The molecule has 1 heterocycles. The summed E-state index contributed by atoms with van der Waals surface area (Å²) in [6.45, 7) is 4.11. The Morgan fingerprint density at radius 3 is 2.74 bits per heavy atom. The predicted octanol–water partition coefficient (Wildman–Crippen LogP) is 2.98. The smallest absolute Gasteiger partial charge is 0.227 e. The van der Waals surface area contributed by atoms with Crippen LogP contribution in [-0.4, -0.2) is 29.2 Å². The van der Waals surface area contributed by atoms with Crippen LogP contribution in [0.2, 0.25) is 0 Å². The quantitative estimate of drug-likeness (QED) is 0.810. The van der Waals surface area contributed by atoms with Gasteiger partial charge in [0.15, 0.2) is 0 Å². The maximum absolute atomic E-state index is 11.8. The molecule has 0 aliphatic rings. The Labute approximate surface area is 136 Å². The topological polar surface area (TPSA) is 77.2 Å². The van der Waals surface area contributed by atoms with Crippen LogP contribution >= 0.6 is 0 Å². The Kier molecular flexibility index (Phi) is 6.14. The van der Waals surface area contributed by atoms with Crippen LogP contribution in [0.1, 0.15) is 39.0 Å². The fourth-order valence-electron chi connectivity index (χ4n) is 2.29. The van der Waals surface area contributed by atoms with Gasteiger partial charge in [0.25, 0.3) is 0 Å². The summed E-state index contributed by atoms with van der Waals surface area (Å²) >= 11 is 0. The van der Waals surface area contributed by atoms with Crippen molar-refractivity contribution in [3.8, 4) is 17.1 Å². The molecular weight excluding hydrogens is 294 g/mol. The molecule has 1 aromatic carbocycles. The van der Waals surface area contributed by atoms with Gasteiger partial charge in [0.1, 0.15) is 5.75 Å². The Balaban J connectivity index is 1.88. The number of hydrogen-bond acceptors (Lipinski definition) is 5. The lowest BCUT2D eigenvalue weighted by atomic mass is 10.2. The van der Waals surface area contributed by atoms with E-state index in [0.717, 1.165) is 24.2 Å². The molecule has 1 aromatic heterocycles. The van der Waals surface area contributed by atoms with Gasteiger partial charge in [-0.1, -0.05) is 18.5 Å². The van der Waals surface area contributed by atoms with E-state index in [2.05, 4.69) is 22.4 Å². The number of carbonyl (C=O) groups is 1. The van der Waals surface area contributed by atoms with Crippen molar-refractivity contribution in [2.45, 2.75) is 45.6 Å². The van der Waals surface area contributed by atoms with E-state index in [1.165, 1.54) is 0 Å². The average molecular weight is 317 g/mol. The monoisotopic (exact) mass is 317 g/mol. The highest BCUT2D eigenvalue weighted by molar-refractivity contribution is 5.76. The number of carbonyl (C=O) groups excluding carboxylic acids is 1. The molecule has 0 radical (unpaired) electrons. The molecule has 6 heteroatoms. The number of rotatable bonds is 8. The van der Waals surface area contributed by atoms with Crippen LogP contribution in [0, 0.1) is 0 Å². The highest BCUT2D eigenvalue weighted by atomic mass is 16.5. The Bertz CT molecular complexity index is 622. The second-order valence-electron chi connectivity index (χ2n) is 5.50. The van der Waals surface area contributed by atoms with E-state index in [1.807, 2.05) is 31.2 Å². The Morgan fingerprint density at radius 2 is 2.09 bits per heavy atom. The van der Waals surface area contributed by atoms with Crippen molar-refractivity contribution in [3.05, 3.63) is 30.2 Å². The van der Waals surface area contributed by atoms with E-state index in [4.69, 9.17) is 9.26 Å². The van der Waals surface area contributed by atoms with Gasteiger partial charge in [-0.15, -0.1) is 0 Å². The molecule has 1 atom stereocenters. The summed E-state index contributed by atoms with van der Waals surface area (Å²) < 4.78 is 10.3. The van der Waals surface area contributed by atoms with Gasteiger partial charge in [-0.25, -0.2) is 0 Å². The number of nitrogens with one attached hydrogen (secondary N) is 1. The van der Waals surface area contributed by atoms with E-state index >= 15 is 0 Å². The van der Waals surface area contributed by atoms with Crippen LogP contribution in [0.5, 0.6) is 5.75 Å². The van der Waals surface area contributed by atoms with E-state index in [-0.39, 0.29) is 11.9 Å². The van der Waals surface area contributed by atoms with Crippen molar-refractivity contribution < 1.29 is 14.1 Å². The van der Waals surface area contributed by atoms with Gasteiger partial charge in [-0.2, -0.15) is 4.98 Å². The van der Waals surface area contributed by atoms with E-state index in [1.54, 1.807) is 7.11 Å². The predicted molar refractivity (Wildman–Crippen MR) is 87.1 cm³/mol. The Hall–Kier alpha value is -2.37. The van der Waals surface area contributed by atoms with Crippen molar-refractivity contribution in [2.24, 2.45) is 0 Å². The van der Waals surface area contributed by atoms with E-state index < -0.39 is 0 Å². The van der Waals surface area contributed by atoms with Gasteiger partial charge in [0.2, 0.25) is 17.6 Å². The summed E-state index contributed by atoms with van der Waals surface area (Å²) in [5.41, 5.74) is 0.849. The lowest BCUT2D eigenvalue weighted by molar-refractivity contribution is -0.121. The molecule has 0 aliphatic heterocycles. The number of nitrogens with zero attached hydrogens (tertiary/aromatic N) is 2. The molecule has 0 aliphatic carbocycles. The summed E-state index contributed by atoms with van der Waals surface area (Å²) in [6.07, 6.45) is 2.82. The number of benzene rings is 1. The van der Waals surface area contributed by atoms with Gasteiger partial charge in [-0.05, 0) is 37.6 Å². The number of methoxy groups -OCH3 is 1. The van der Waals surface area contributed by atoms with E-state index in [0.29, 0.717) is 24.6 Å². The third kappa shape index (κ3) is 5.09. The third-order valence-electron chi connectivity index (χ3n) is 3.51. The lowest BCUT2D eigenvalue weighted by Gasteiger charge is -2.11. The third-order valence-corrected chi connectivity index (χ3v) is 3.51. The van der Waals surface area contributed by atoms with Crippen molar-refractivity contribution in [1.29, 1.82) is 0 Å². The summed E-state index contributed by atoms with van der Waals surface area (Å²) in [5, 5.41) is 6.91. The van der Waals surface area contributed by atoms with Crippen LogP contribution in [0.15, 0.2) is 28.8 Å². The first-order valence-electron chi connectivity index (χ1n) is 7.88. The minimum atomic E-state index is 0.00940. The standard InChI is InChI=1S/C17H23N3O3/c1-4-5-12(2)18-15(21)10-11-16-19-17(20-23-16)13-6-8-14(22-3)9-7-13/h6-9,12H,4-5,10-11H2,1-3H3,(H,18,21). The second-order valence-corrected chi connectivity index (χ2v) is 5.50. The molecule has 1 amide bonds. The number of aryl methyl sites for hydroxylation is 1. The molecule has 2 rings (SSSR count). The number of aromatic nitrogens is 2. The van der Waals surface area contributed by atoms with Crippen LogP contribution in [0.3, 0.4) is 0 Å². The molecule has 1 N–H and O–H groups in total. The zero-order valence-electron chi connectivity index (χ0n) is 13.8. The van der Waals surface area contributed by atoms with Crippen LogP contribution in [0.4, 0.5) is 0 Å². The minimum Gasteiger partial charge on any atom is -0.497 e. The number of amides is 1. The highest BCUT2D eigenvalue weighted by Crippen LogP contribution is 2.19. The number of hydrogen-bond donors (Lipinski definition) is 1. The molecule has 0 fully saturated rings. The molecule has 1 unspecified atom stereocenters. The SMILES string of the molecule is CCCC(C)NC(=O)CCc1nc(-c2ccc(OC)cc2)no1. The van der Waals surface area contributed by atoms with Crippen molar-refractivity contribution in [3.63, 3.8) is 0 Å². The zero-order chi connectivity index (χ0) is 16.7. The summed E-state index contributed by atoms with van der Waals surface area (Å²) in [6, 6.07) is 7.62. The molecule has 6 nitrogen and oxygen atoms in total. The van der Waals surface area contributed by atoms with Gasteiger partial charge in [0.05, 0.1) is 7.11 Å².